The minimum Gasteiger partial charge on any atom is -0.493 e. The Morgan fingerprint density at radius 1 is 1.32 bits per heavy atom. The third-order valence-electron chi connectivity index (χ3n) is 3.86. The van der Waals surface area contributed by atoms with Crippen LogP contribution in [-0.4, -0.2) is 39.0 Å². The van der Waals surface area contributed by atoms with Crippen LogP contribution < -0.4 is 9.47 Å². The molecule has 0 aliphatic carbocycles. The van der Waals surface area contributed by atoms with E-state index < -0.39 is 0 Å². The van der Waals surface area contributed by atoms with E-state index >= 15 is 0 Å². The second-order valence-corrected chi connectivity index (χ2v) is 6.57. The van der Waals surface area contributed by atoms with Gasteiger partial charge in [0.1, 0.15) is 6.61 Å². The molecule has 0 bridgehead atoms. The summed E-state index contributed by atoms with van der Waals surface area (Å²) in [6.45, 7) is 5.87. The zero-order valence-corrected chi connectivity index (χ0v) is 15.3. The highest BCUT2D eigenvalue weighted by atomic mass is 16.6. The van der Waals surface area contributed by atoms with E-state index in [9.17, 15) is 4.79 Å². The lowest BCUT2D eigenvalue weighted by Gasteiger charge is -2.21. The molecule has 1 aromatic rings. The lowest BCUT2D eigenvalue weighted by Crippen LogP contribution is -2.25. The van der Waals surface area contributed by atoms with Gasteiger partial charge in [0, 0.05) is 12.7 Å². The molecule has 5 nitrogen and oxygen atoms in total. The number of methoxy groups -OCH3 is 1. The Labute approximate surface area is 149 Å². The van der Waals surface area contributed by atoms with E-state index in [0.717, 1.165) is 31.4 Å². The molecule has 1 heterocycles. The highest BCUT2D eigenvalue weighted by molar-refractivity contribution is 5.87. The molecule has 1 fully saturated rings. The molecule has 0 amide bonds. The van der Waals surface area contributed by atoms with E-state index in [4.69, 9.17) is 18.9 Å². The molecule has 1 atom stereocenters. The first-order valence-electron chi connectivity index (χ1n) is 8.85. The predicted octanol–water partition coefficient (Wildman–Crippen LogP) is 3.86. The molecule has 1 aromatic carbocycles. The SMILES string of the molecule is COc1cc(C=CC(=O)OCC2CCCCO2)ccc1OCC(C)C. The molecular weight excluding hydrogens is 320 g/mol. The van der Waals surface area contributed by atoms with Gasteiger partial charge >= 0.3 is 5.97 Å². The third kappa shape index (κ3) is 6.78. The lowest BCUT2D eigenvalue weighted by atomic mass is 10.1. The summed E-state index contributed by atoms with van der Waals surface area (Å²) < 4.78 is 21.9. The van der Waals surface area contributed by atoms with Crippen molar-refractivity contribution in [1.29, 1.82) is 0 Å². The van der Waals surface area contributed by atoms with Gasteiger partial charge in [-0.3, -0.25) is 0 Å². The Hall–Kier alpha value is -2.01. The van der Waals surface area contributed by atoms with E-state index in [2.05, 4.69) is 13.8 Å². The minimum atomic E-state index is -0.367. The minimum absolute atomic E-state index is 0.0311. The van der Waals surface area contributed by atoms with E-state index in [0.29, 0.717) is 30.6 Å². The summed E-state index contributed by atoms with van der Waals surface area (Å²) >= 11 is 0. The van der Waals surface area contributed by atoms with Gasteiger partial charge in [-0.25, -0.2) is 4.79 Å². The van der Waals surface area contributed by atoms with Crippen molar-refractivity contribution in [3.8, 4) is 11.5 Å². The molecule has 138 valence electrons. The van der Waals surface area contributed by atoms with E-state index in [1.165, 1.54) is 6.08 Å². The molecule has 2 rings (SSSR count). The summed E-state index contributed by atoms with van der Waals surface area (Å²) in [6.07, 6.45) is 6.33. The van der Waals surface area contributed by atoms with Crippen LogP contribution >= 0.6 is 0 Å². The van der Waals surface area contributed by atoms with Gasteiger partial charge in [0.15, 0.2) is 11.5 Å². The summed E-state index contributed by atoms with van der Waals surface area (Å²) in [5, 5.41) is 0. The molecule has 0 N–H and O–H groups in total. The second kappa shape index (κ2) is 10.1. The molecule has 1 unspecified atom stereocenters. The number of ether oxygens (including phenoxy) is 4. The van der Waals surface area contributed by atoms with Crippen molar-refractivity contribution in [2.45, 2.75) is 39.2 Å². The van der Waals surface area contributed by atoms with Crippen LogP contribution in [0.1, 0.15) is 38.7 Å². The first-order chi connectivity index (χ1) is 12.1. The second-order valence-electron chi connectivity index (χ2n) is 6.57. The maximum absolute atomic E-state index is 11.8. The fourth-order valence-electron chi connectivity index (χ4n) is 2.49. The summed E-state index contributed by atoms with van der Waals surface area (Å²) in [6, 6.07) is 5.57. The van der Waals surface area contributed by atoms with Gasteiger partial charge in [-0.05, 0) is 49.0 Å². The lowest BCUT2D eigenvalue weighted by molar-refractivity contribution is -0.143. The zero-order valence-electron chi connectivity index (χ0n) is 15.3. The molecule has 0 saturated carbocycles. The van der Waals surface area contributed by atoms with Crippen LogP contribution in [0.4, 0.5) is 0 Å². The number of carbonyl (C=O) groups excluding carboxylic acids is 1. The smallest absolute Gasteiger partial charge is 0.330 e. The molecule has 0 radical (unpaired) electrons. The Kier molecular flexibility index (Phi) is 7.79. The van der Waals surface area contributed by atoms with Gasteiger partial charge in [-0.2, -0.15) is 0 Å². The van der Waals surface area contributed by atoms with Crippen molar-refractivity contribution >= 4 is 12.0 Å². The molecule has 1 saturated heterocycles. The molecular formula is C20H28O5. The van der Waals surface area contributed by atoms with Crippen molar-refractivity contribution in [1.82, 2.24) is 0 Å². The van der Waals surface area contributed by atoms with E-state index in [-0.39, 0.29) is 12.1 Å². The Bertz CT molecular complexity index is 573. The molecule has 1 aliphatic heterocycles. The van der Waals surface area contributed by atoms with Crippen molar-refractivity contribution in [2.75, 3.05) is 26.9 Å². The highest BCUT2D eigenvalue weighted by Gasteiger charge is 2.15. The highest BCUT2D eigenvalue weighted by Crippen LogP contribution is 2.29. The van der Waals surface area contributed by atoms with Crippen LogP contribution in [-0.2, 0) is 14.3 Å². The number of benzene rings is 1. The van der Waals surface area contributed by atoms with Crippen molar-refractivity contribution in [3.63, 3.8) is 0 Å². The van der Waals surface area contributed by atoms with Crippen LogP contribution in [0, 0.1) is 5.92 Å². The van der Waals surface area contributed by atoms with Gasteiger partial charge in [-0.1, -0.05) is 19.9 Å². The normalized spacial score (nSPS) is 17.7. The Morgan fingerprint density at radius 3 is 2.84 bits per heavy atom. The van der Waals surface area contributed by atoms with Crippen LogP contribution in [0.2, 0.25) is 0 Å². The average molecular weight is 348 g/mol. The predicted molar refractivity (Wildman–Crippen MR) is 96.9 cm³/mol. The van der Waals surface area contributed by atoms with Gasteiger partial charge < -0.3 is 18.9 Å². The first-order valence-corrected chi connectivity index (χ1v) is 8.85. The van der Waals surface area contributed by atoms with Crippen LogP contribution in [0.15, 0.2) is 24.3 Å². The molecule has 5 heteroatoms. The topological polar surface area (TPSA) is 54.0 Å². The molecule has 25 heavy (non-hydrogen) atoms. The van der Waals surface area contributed by atoms with E-state index in [1.807, 2.05) is 18.2 Å². The Morgan fingerprint density at radius 2 is 2.16 bits per heavy atom. The number of hydrogen-bond acceptors (Lipinski definition) is 5. The Balaban J connectivity index is 1.87. The number of rotatable bonds is 8. The maximum atomic E-state index is 11.8. The van der Waals surface area contributed by atoms with Crippen molar-refractivity contribution < 1.29 is 23.7 Å². The van der Waals surface area contributed by atoms with Gasteiger partial charge in [0.2, 0.25) is 0 Å². The van der Waals surface area contributed by atoms with Crippen molar-refractivity contribution in [3.05, 3.63) is 29.8 Å². The maximum Gasteiger partial charge on any atom is 0.330 e. The fraction of sp³-hybridized carbons (Fsp3) is 0.550. The number of hydrogen-bond donors (Lipinski definition) is 0. The van der Waals surface area contributed by atoms with Gasteiger partial charge in [0.05, 0.1) is 19.8 Å². The van der Waals surface area contributed by atoms with Crippen molar-refractivity contribution in [2.24, 2.45) is 5.92 Å². The standard InChI is InChI=1S/C20H28O5/c1-15(2)13-24-18-9-7-16(12-19(18)22-3)8-10-20(21)25-14-17-6-4-5-11-23-17/h7-10,12,15,17H,4-6,11,13-14H2,1-3H3. The third-order valence-corrected chi connectivity index (χ3v) is 3.86. The van der Waals surface area contributed by atoms with E-state index in [1.54, 1.807) is 13.2 Å². The fourth-order valence-corrected chi connectivity index (χ4v) is 2.49. The number of esters is 1. The molecule has 0 spiro atoms. The van der Waals surface area contributed by atoms with Crippen LogP contribution in [0.5, 0.6) is 11.5 Å². The summed E-state index contributed by atoms with van der Waals surface area (Å²) in [5.74, 6) is 1.41. The summed E-state index contributed by atoms with van der Waals surface area (Å²) in [4.78, 5) is 11.8. The van der Waals surface area contributed by atoms with Crippen LogP contribution in [0.3, 0.4) is 0 Å². The zero-order chi connectivity index (χ0) is 18.1. The molecule has 1 aliphatic rings. The monoisotopic (exact) mass is 348 g/mol. The van der Waals surface area contributed by atoms with Gasteiger partial charge in [0.25, 0.3) is 0 Å². The largest absolute Gasteiger partial charge is 0.493 e. The van der Waals surface area contributed by atoms with Gasteiger partial charge in [-0.15, -0.1) is 0 Å². The summed E-state index contributed by atoms with van der Waals surface area (Å²) in [7, 11) is 1.60. The average Bonchev–Trinajstić information content (AvgIpc) is 2.64. The summed E-state index contributed by atoms with van der Waals surface area (Å²) in [5.41, 5.74) is 0.847. The van der Waals surface area contributed by atoms with Crippen LogP contribution in [0.25, 0.3) is 6.08 Å². The first kappa shape index (κ1) is 19.3. The molecule has 0 aromatic heterocycles. The quantitative estimate of drug-likeness (QED) is 0.527. The number of carbonyl (C=O) groups is 1.